The molecule has 1 aromatic carbocycles. The minimum Gasteiger partial charge on any atom is -0.331 e. The number of likely N-dealkylation sites (tertiary alicyclic amines) is 1. The van der Waals surface area contributed by atoms with Crippen LogP contribution in [0, 0.1) is 6.20 Å². The third-order valence-corrected chi connectivity index (χ3v) is 3.41. The van der Waals surface area contributed by atoms with Gasteiger partial charge in [-0.15, -0.1) is 0 Å². The van der Waals surface area contributed by atoms with Gasteiger partial charge in [0.2, 0.25) is 5.78 Å². The first-order valence-corrected chi connectivity index (χ1v) is 6.49. The zero-order valence-electron chi connectivity index (χ0n) is 10.9. The van der Waals surface area contributed by atoms with Crippen molar-refractivity contribution in [1.82, 2.24) is 9.88 Å². The van der Waals surface area contributed by atoms with Gasteiger partial charge in [-0.25, -0.2) is 0 Å². The Kier molecular flexibility index (Phi) is 3.29. The Morgan fingerprint density at radius 1 is 1.15 bits per heavy atom. The zero-order chi connectivity index (χ0) is 13.9. The maximum Gasteiger partial charge on any atom is 0.290 e. The van der Waals surface area contributed by atoms with Crippen molar-refractivity contribution in [2.75, 3.05) is 6.54 Å². The zero-order valence-corrected chi connectivity index (χ0v) is 10.9. The van der Waals surface area contributed by atoms with Gasteiger partial charge in [0.15, 0.2) is 0 Å². The lowest BCUT2D eigenvalue weighted by Crippen LogP contribution is -2.27. The molecule has 1 fully saturated rings. The molecule has 1 amide bonds. The number of hydrogen-bond donors (Lipinski definition) is 0. The number of hydrogen-bond acceptors (Lipinski definition) is 3. The predicted molar refractivity (Wildman–Crippen MR) is 73.6 cm³/mol. The van der Waals surface area contributed by atoms with Crippen LogP contribution in [0.3, 0.4) is 0 Å². The van der Waals surface area contributed by atoms with Crippen molar-refractivity contribution >= 4 is 11.7 Å². The van der Waals surface area contributed by atoms with E-state index in [4.69, 9.17) is 0 Å². The first kappa shape index (κ1) is 12.5. The number of aromatic nitrogens is 1. The smallest absolute Gasteiger partial charge is 0.290 e. The van der Waals surface area contributed by atoms with Crippen molar-refractivity contribution in [2.24, 2.45) is 0 Å². The molecule has 0 bridgehead atoms. The highest BCUT2D eigenvalue weighted by molar-refractivity contribution is 6.37. The van der Waals surface area contributed by atoms with E-state index in [0.717, 1.165) is 16.7 Å². The highest BCUT2D eigenvalue weighted by Gasteiger charge is 2.29. The number of nitrogens with zero attached hydrogens (tertiary/aromatic N) is 2. The first-order chi connectivity index (χ1) is 9.75. The number of carbonyl (C=O) groups excluding carboxylic acids is 2. The maximum absolute atomic E-state index is 11.7. The number of amides is 1. The number of carbonyl (C=O) groups is 2. The Labute approximate surface area is 117 Å². The Morgan fingerprint density at radius 3 is 2.70 bits per heavy atom. The van der Waals surface area contributed by atoms with Gasteiger partial charge in [-0.3, -0.25) is 14.6 Å². The van der Waals surface area contributed by atoms with E-state index in [1.165, 1.54) is 0 Å². The number of benzene rings is 1. The fourth-order valence-corrected chi connectivity index (χ4v) is 2.38. The van der Waals surface area contributed by atoms with Crippen LogP contribution in [0.4, 0.5) is 0 Å². The summed E-state index contributed by atoms with van der Waals surface area (Å²) in [4.78, 5) is 28.6. The molecule has 4 heteroatoms. The Balaban J connectivity index is 1.91. The van der Waals surface area contributed by atoms with Crippen LogP contribution in [0.5, 0.6) is 0 Å². The van der Waals surface area contributed by atoms with Crippen LogP contribution in [0.25, 0.3) is 11.1 Å². The summed E-state index contributed by atoms with van der Waals surface area (Å²) >= 11 is 0. The van der Waals surface area contributed by atoms with E-state index in [9.17, 15) is 9.59 Å². The van der Waals surface area contributed by atoms with Crippen LogP contribution in [-0.4, -0.2) is 28.1 Å². The molecule has 0 unspecified atom stereocenters. The van der Waals surface area contributed by atoms with Gasteiger partial charge in [0.1, 0.15) is 0 Å². The Morgan fingerprint density at radius 2 is 2.00 bits per heavy atom. The van der Waals surface area contributed by atoms with E-state index in [-0.39, 0.29) is 11.7 Å². The van der Waals surface area contributed by atoms with E-state index in [2.05, 4.69) is 11.2 Å². The minimum absolute atomic E-state index is 0.296. The highest BCUT2D eigenvalue weighted by atomic mass is 16.2. The summed E-state index contributed by atoms with van der Waals surface area (Å²) in [7, 11) is 0. The molecule has 0 atom stereocenters. The molecular weight excluding hydrogens is 252 g/mol. The fraction of sp³-hybridized carbons (Fsp3) is 0.188. The average molecular weight is 265 g/mol. The van der Waals surface area contributed by atoms with Crippen LogP contribution < -0.4 is 0 Å². The van der Waals surface area contributed by atoms with Gasteiger partial charge >= 0.3 is 0 Å². The highest BCUT2D eigenvalue weighted by Crippen LogP contribution is 2.24. The lowest BCUT2D eigenvalue weighted by atomic mass is 10.0. The Hall–Kier alpha value is -2.49. The molecule has 1 aromatic heterocycles. The second kappa shape index (κ2) is 5.25. The average Bonchev–Trinajstić information content (AvgIpc) is 2.81. The summed E-state index contributed by atoms with van der Waals surface area (Å²) in [5.74, 6) is -0.676. The van der Waals surface area contributed by atoms with Gasteiger partial charge in [0.25, 0.3) is 5.91 Å². The van der Waals surface area contributed by atoms with Crippen LogP contribution in [0.2, 0.25) is 0 Å². The van der Waals surface area contributed by atoms with E-state index in [1.54, 1.807) is 11.1 Å². The third-order valence-electron chi connectivity index (χ3n) is 3.41. The lowest BCUT2D eigenvalue weighted by Gasteiger charge is -2.17. The molecular formula is C16H13N2O2. The van der Waals surface area contributed by atoms with Crippen LogP contribution >= 0.6 is 0 Å². The van der Waals surface area contributed by atoms with Crippen molar-refractivity contribution < 1.29 is 9.59 Å². The van der Waals surface area contributed by atoms with Crippen LogP contribution in [0.15, 0.2) is 42.6 Å². The quantitative estimate of drug-likeness (QED) is 0.796. The van der Waals surface area contributed by atoms with Crippen molar-refractivity contribution in [3.8, 4) is 11.1 Å². The Bertz CT molecular complexity index is 653. The molecule has 1 aliphatic rings. The summed E-state index contributed by atoms with van der Waals surface area (Å²) in [5.41, 5.74) is 2.88. The molecule has 3 rings (SSSR count). The molecule has 20 heavy (non-hydrogen) atoms. The van der Waals surface area contributed by atoms with Crippen LogP contribution in [-0.2, 0) is 16.1 Å². The molecule has 1 radical (unpaired) electrons. The van der Waals surface area contributed by atoms with Gasteiger partial charge in [-0.1, -0.05) is 30.3 Å². The molecule has 0 spiro atoms. The molecule has 2 heterocycles. The summed E-state index contributed by atoms with van der Waals surface area (Å²) in [6, 6.07) is 11.6. The van der Waals surface area contributed by atoms with Gasteiger partial charge in [0, 0.05) is 31.3 Å². The van der Waals surface area contributed by atoms with Gasteiger partial charge in [-0.2, -0.15) is 0 Å². The number of ketones is 1. The monoisotopic (exact) mass is 265 g/mol. The van der Waals surface area contributed by atoms with E-state index in [1.807, 2.05) is 36.4 Å². The van der Waals surface area contributed by atoms with Crippen molar-refractivity contribution in [1.29, 1.82) is 0 Å². The standard InChI is InChI=1S/C16H13N2O2/c19-15-7-9-18(16(15)20)11-13-4-1-2-6-14(13)12-5-3-8-17-10-12/h1-6,8H,7,9,11H2. The lowest BCUT2D eigenvalue weighted by molar-refractivity contribution is -0.140. The molecule has 0 N–H and O–H groups in total. The second-order valence-electron chi connectivity index (χ2n) is 4.72. The minimum atomic E-state index is -0.380. The molecule has 1 saturated heterocycles. The van der Waals surface area contributed by atoms with Crippen LogP contribution in [0.1, 0.15) is 12.0 Å². The number of Topliss-reactive ketones (excluding diaryl/α,β-unsaturated/α-hetero) is 1. The normalized spacial score (nSPS) is 14.9. The molecule has 0 saturated carbocycles. The van der Waals surface area contributed by atoms with Crippen molar-refractivity contribution in [3.05, 3.63) is 54.4 Å². The number of rotatable bonds is 3. The molecule has 2 aromatic rings. The van der Waals surface area contributed by atoms with Gasteiger partial charge in [0.05, 0.1) is 6.20 Å². The SMILES string of the molecule is O=C1CCN(Cc2ccccc2-c2[c]nccc2)C1=O. The summed E-state index contributed by atoms with van der Waals surface area (Å²) in [6.07, 6.45) is 4.94. The van der Waals surface area contributed by atoms with Gasteiger partial charge in [-0.05, 0) is 17.2 Å². The first-order valence-electron chi connectivity index (χ1n) is 6.49. The topological polar surface area (TPSA) is 50.3 Å². The maximum atomic E-state index is 11.7. The van der Waals surface area contributed by atoms with E-state index in [0.29, 0.717) is 19.5 Å². The summed E-state index contributed by atoms with van der Waals surface area (Å²) < 4.78 is 0. The molecule has 4 nitrogen and oxygen atoms in total. The molecule has 1 aliphatic heterocycles. The third kappa shape index (κ3) is 2.32. The van der Waals surface area contributed by atoms with E-state index < -0.39 is 0 Å². The van der Waals surface area contributed by atoms with E-state index >= 15 is 0 Å². The summed E-state index contributed by atoms with van der Waals surface area (Å²) in [6.45, 7) is 0.951. The second-order valence-corrected chi connectivity index (χ2v) is 4.72. The molecule has 99 valence electrons. The predicted octanol–water partition coefficient (Wildman–Crippen LogP) is 1.85. The van der Waals surface area contributed by atoms with Crippen molar-refractivity contribution in [2.45, 2.75) is 13.0 Å². The van der Waals surface area contributed by atoms with Gasteiger partial charge < -0.3 is 4.90 Å². The fourth-order valence-electron chi connectivity index (χ4n) is 2.38. The largest absolute Gasteiger partial charge is 0.331 e. The molecule has 0 aliphatic carbocycles. The van der Waals surface area contributed by atoms with Crippen molar-refractivity contribution in [3.63, 3.8) is 0 Å². The summed E-state index contributed by atoms with van der Waals surface area (Å²) in [5, 5.41) is 0. The number of pyridine rings is 1.